The van der Waals surface area contributed by atoms with Crippen LogP contribution in [0.2, 0.25) is 0 Å². The van der Waals surface area contributed by atoms with Crippen molar-refractivity contribution >= 4 is 50.8 Å². The molecule has 26 heavy (non-hydrogen) atoms. The summed E-state index contributed by atoms with van der Waals surface area (Å²) in [6.07, 6.45) is 4.68. The number of carbonyl (C=O) groups excluding carboxylic acids is 1. The highest BCUT2D eigenvalue weighted by molar-refractivity contribution is 9.11. The van der Waals surface area contributed by atoms with Crippen LogP contribution in [0.1, 0.15) is 31.6 Å². The van der Waals surface area contributed by atoms with Gasteiger partial charge in [-0.15, -0.1) is 11.3 Å². The molecule has 0 aliphatic rings. The predicted octanol–water partition coefficient (Wildman–Crippen LogP) is 2.81. The van der Waals surface area contributed by atoms with E-state index in [9.17, 15) is 14.4 Å². The highest BCUT2D eigenvalue weighted by Gasteiger charge is 2.21. The molecule has 0 unspecified atom stereocenters. The molecule has 1 amide bonds. The number of halogens is 1. The Bertz CT molecular complexity index is 929. The Kier molecular flexibility index (Phi) is 6.98. The molecule has 140 valence electrons. The lowest BCUT2D eigenvalue weighted by Gasteiger charge is -2.21. The Balaban J connectivity index is 2.39. The van der Waals surface area contributed by atoms with Crippen LogP contribution in [0.4, 0.5) is 11.5 Å². The maximum atomic E-state index is 12.6. The average molecular weight is 441 g/mol. The van der Waals surface area contributed by atoms with Crippen LogP contribution < -0.4 is 21.9 Å². The molecule has 9 heteroatoms. The number of anilines is 2. The quantitative estimate of drug-likeness (QED) is 0.646. The molecule has 0 radical (unpaired) electrons. The van der Waals surface area contributed by atoms with Gasteiger partial charge in [-0.05, 0) is 47.5 Å². The third kappa shape index (κ3) is 4.53. The zero-order chi connectivity index (χ0) is 19.3. The molecular formula is C17H21BrN4O3S. The standard InChI is InChI=1S/C17H21BrN4O3S/c1-3-5-10-22-15(19)14(16(24)20-17(22)25)21(4-2)13(23)9-7-11-6-8-12(18)26-11/h6-9H,3-5,10,19H2,1-2H3,(H,20,24,25)/b9-7+. The lowest BCUT2D eigenvalue weighted by atomic mass is 10.3. The topological polar surface area (TPSA) is 101 Å². The fourth-order valence-electron chi connectivity index (χ4n) is 2.46. The van der Waals surface area contributed by atoms with Crippen molar-refractivity contribution in [2.45, 2.75) is 33.2 Å². The Hall–Kier alpha value is -2.13. The number of nitrogen functional groups attached to an aromatic ring is 1. The number of nitrogens with two attached hydrogens (primary N) is 1. The molecule has 0 bridgehead atoms. The van der Waals surface area contributed by atoms with Gasteiger partial charge in [-0.1, -0.05) is 13.3 Å². The molecule has 0 spiro atoms. The number of aromatic amines is 1. The van der Waals surface area contributed by atoms with Gasteiger partial charge in [0.1, 0.15) is 5.82 Å². The highest BCUT2D eigenvalue weighted by Crippen LogP contribution is 2.23. The second-order valence-corrected chi connectivity index (χ2v) is 8.05. The third-order valence-electron chi connectivity index (χ3n) is 3.79. The first kappa shape index (κ1) is 20.2. The van der Waals surface area contributed by atoms with Crippen molar-refractivity contribution in [2.75, 3.05) is 17.2 Å². The molecule has 0 atom stereocenters. The lowest BCUT2D eigenvalue weighted by Crippen LogP contribution is -2.40. The van der Waals surface area contributed by atoms with E-state index in [1.807, 2.05) is 19.1 Å². The van der Waals surface area contributed by atoms with Gasteiger partial charge in [0.25, 0.3) is 11.5 Å². The van der Waals surface area contributed by atoms with E-state index in [2.05, 4.69) is 20.9 Å². The highest BCUT2D eigenvalue weighted by atomic mass is 79.9. The molecule has 3 N–H and O–H groups in total. The van der Waals surface area contributed by atoms with Gasteiger partial charge >= 0.3 is 5.69 Å². The van der Waals surface area contributed by atoms with Crippen molar-refractivity contribution < 1.29 is 4.79 Å². The van der Waals surface area contributed by atoms with Gasteiger partial charge in [-0.25, -0.2) is 4.79 Å². The maximum absolute atomic E-state index is 12.6. The van der Waals surface area contributed by atoms with E-state index >= 15 is 0 Å². The molecule has 0 aromatic carbocycles. The van der Waals surface area contributed by atoms with Crippen LogP contribution in [0.15, 0.2) is 31.6 Å². The first-order valence-electron chi connectivity index (χ1n) is 8.26. The van der Waals surface area contributed by atoms with Crippen LogP contribution in [0.5, 0.6) is 0 Å². The van der Waals surface area contributed by atoms with Crippen molar-refractivity contribution in [1.82, 2.24) is 9.55 Å². The molecule has 7 nitrogen and oxygen atoms in total. The number of aromatic nitrogens is 2. The summed E-state index contributed by atoms with van der Waals surface area (Å²) < 4.78 is 2.26. The normalized spacial score (nSPS) is 11.2. The summed E-state index contributed by atoms with van der Waals surface area (Å²) in [4.78, 5) is 41.3. The number of nitrogens with zero attached hydrogens (tertiary/aromatic N) is 2. The monoisotopic (exact) mass is 440 g/mol. The van der Waals surface area contributed by atoms with E-state index in [1.54, 1.807) is 13.0 Å². The molecule has 0 aliphatic carbocycles. The van der Waals surface area contributed by atoms with E-state index in [0.717, 1.165) is 21.5 Å². The van der Waals surface area contributed by atoms with Crippen LogP contribution in [-0.4, -0.2) is 22.0 Å². The third-order valence-corrected chi connectivity index (χ3v) is 5.37. The molecule has 2 aromatic rings. The molecule has 0 saturated carbocycles. The predicted molar refractivity (Wildman–Crippen MR) is 110 cm³/mol. The van der Waals surface area contributed by atoms with Crippen LogP contribution >= 0.6 is 27.3 Å². The Morgan fingerprint density at radius 3 is 2.69 bits per heavy atom. The first-order valence-corrected chi connectivity index (χ1v) is 9.87. The molecule has 0 aliphatic heterocycles. The van der Waals surface area contributed by atoms with E-state index in [1.165, 1.54) is 26.9 Å². The van der Waals surface area contributed by atoms with Crippen LogP contribution in [0.3, 0.4) is 0 Å². The van der Waals surface area contributed by atoms with Crippen LogP contribution in [-0.2, 0) is 11.3 Å². The number of carbonyl (C=O) groups is 1. The minimum atomic E-state index is -0.664. The summed E-state index contributed by atoms with van der Waals surface area (Å²) in [6.45, 7) is 4.36. The largest absolute Gasteiger partial charge is 0.383 e. The summed E-state index contributed by atoms with van der Waals surface area (Å²) in [5.41, 5.74) is 4.85. The zero-order valence-electron chi connectivity index (χ0n) is 14.6. The Morgan fingerprint density at radius 1 is 1.38 bits per heavy atom. The summed E-state index contributed by atoms with van der Waals surface area (Å²) in [7, 11) is 0. The van der Waals surface area contributed by atoms with Crippen molar-refractivity contribution in [2.24, 2.45) is 0 Å². The van der Waals surface area contributed by atoms with Crippen molar-refractivity contribution in [3.63, 3.8) is 0 Å². The number of unbranched alkanes of at least 4 members (excludes halogenated alkanes) is 1. The van der Waals surface area contributed by atoms with Crippen molar-refractivity contribution in [1.29, 1.82) is 0 Å². The summed E-state index contributed by atoms with van der Waals surface area (Å²) in [6, 6.07) is 3.76. The van der Waals surface area contributed by atoms with E-state index in [4.69, 9.17) is 5.73 Å². The number of nitrogens with one attached hydrogen (secondary N) is 1. The number of likely N-dealkylation sites (N-methyl/N-ethyl adjacent to an activating group) is 1. The van der Waals surface area contributed by atoms with Gasteiger partial charge in [-0.2, -0.15) is 0 Å². The van der Waals surface area contributed by atoms with Crippen LogP contribution in [0.25, 0.3) is 6.08 Å². The molecule has 0 fully saturated rings. The van der Waals surface area contributed by atoms with E-state index in [-0.39, 0.29) is 24.0 Å². The van der Waals surface area contributed by atoms with Gasteiger partial charge in [-0.3, -0.25) is 19.1 Å². The maximum Gasteiger partial charge on any atom is 0.330 e. The fourth-order valence-corrected chi connectivity index (χ4v) is 3.79. The summed E-state index contributed by atoms with van der Waals surface area (Å²) in [5, 5.41) is 0. The SMILES string of the molecule is CCCCn1c(N)c(N(CC)C(=O)/C=C/c2ccc(Br)s2)c(=O)[nH]c1=O. The Labute approximate surface area is 163 Å². The number of amides is 1. The first-order chi connectivity index (χ1) is 12.4. The zero-order valence-corrected chi connectivity index (χ0v) is 17.0. The van der Waals surface area contributed by atoms with Crippen molar-refractivity contribution in [3.05, 3.63) is 47.7 Å². The summed E-state index contributed by atoms with van der Waals surface area (Å²) >= 11 is 4.85. The Morgan fingerprint density at radius 2 is 2.12 bits per heavy atom. The van der Waals surface area contributed by atoms with E-state index < -0.39 is 11.2 Å². The minimum absolute atomic E-state index is 0.00483. The average Bonchev–Trinajstić information content (AvgIpc) is 3.01. The van der Waals surface area contributed by atoms with Crippen molar-refractivity contribution in [3.8, 4) is 0 Å². The molecule has 2 heterocycles. The second kappa shape index (κ2) is 9.00. The second-order valence-electron chi connectivity index (χ2n) is 5.56. The number of thiophene rings is 1. The number of hydrogen-bond acceptors (Lipinski definition) is 5. The number of rotatable bonds is 7. The molecule has 2 aromatic heterocycles. The summed E-state index contributed by atoms with van der Waals surface area (Å²) in [5.74, 6) is -0.371. The van der Waals surface area contributed by atoms with E-state index in [0.29, 0.717) is 6.54 Å². The fraction of sp³-hybridized carbons (Fsp3) is 0.353. The molecule has 0 saturated heterocycles. The van der Waals surface area contributed by atoms with Gasteiger partial charge in [0.15, 0.2) is 5.69 Å². The lowest BCUT2D eigenvalue weighted by molar-refractivity contribution is -0.114. The van der Waals surface area contributed by atoms with Gasteiger partial charge in [0.05, 0.1) is 3.79 Å². The smallest absolute Gasteiger partial charge is 0.330 e. The molecule has 2 rings (SSSR count). The number of hydrogen-bond donors (Lipinski definition) is 2. The number of H-pyrrole nitrogens is 1. The van der Waals surface area contributed by atoms with Crippen LogP contribution in [0, 0.1) is 0 Å². The minimum Gasteiger partial charge on any atom is -0.383 e. The van der Waals surface area contributed by atoms with Gasteiger partial charge in [0.2, 0.25) is 0 Å². The molecular weight excluding hydrogens is 420 g/mol. The van der Waals surface area contributed by atoms with Gasteiger partial charge < -0.3 is 10.6 Å². The van der Waals surface area contributed by atoms with Gasteiger partial charge in [0, 0.05) is 24.0 Å².